The van der Waals surface area contributed by atoms with Crippen LogP contribution in [0.3, 0.4) is 0 Å². The van der Waals surface area contributed by atoms with Crippen molar-refractivity contribution in [2.45, 2.75) is 53.1 Å². The van der Waals surface area contributed by atoms with E-state index in [1.165, 1.54) is 18.4 Å². The Balaban J connectivity index is 0.00000392. The normalized spacial score (nSPS) is 11.1. The molecule has 1 aromatic heterocycles. The van der Waals surface area contributed by atoms with Gasteiger partial charge in [-0.15, -0.1) is 24.0 Å². The molecule has 0 saturated carbocycles. The van der Waals surface area contributed by atoms with Gasteiger partial charge in [0.05, 0.1) is 25.4 Å². The first kappa shape index (κ1) is 24.3. The molecule has 0 fully saturated rings. The summed E-state index contributed by atoms with van der Waals surface area (Å²) in [5.41, 5.74) is 3.42. The predicted octanol–water partition coefficient (Wildman–Crippen LogP) is 4.17. The Hall–Kier alpha value is -1.77. The highest BCUT2D eigenvalue weighted by Crippen LogP contribution is 2.21. The first-order chi connectivity index (χ1) is 13.1. The van der Waals surface area contributed by atoms with E-state index in [9.17, 15) is 0 Å². The lowest BCUT2D eigenvalue weighted by Gasteiger charge is -2.14. The lowest BCUT2D eigenvalue weighted by molar-refractivity contribution is 0.303. The fourth-order valence-corrected chi connectivity index (χ4v) is 2.72. The molecule has 2 rings (SSSR count). The van der Waals surface area contributed by atoms with Gasteiger partial charge < -0.3 is 15.4 Å². The second-order valence-corrected chi connectivity index (χ2v) is 6.66. The Morgan fingerprint density at radius 2 is 2.00 bits per heavy atom. The number of aromatic nitrogens is 2. The highest BCUT2D eigenvalue weighted by molar-refractivity contribution is 14.0. The molecule has 6 nitrogen and oxygen atoms in total. The molecule has 0 radical (unpaired) electrons. The number of unbranched alkanes of at least 4 members (excludes halogenated alkanes) is 2. The third-order valence-corrected chi connectivity index (χ3v) is 4.34. The molecule has 7 heteroatoms. The van der Waals surface area contributed by atoms with E-state index in [1.807, 2.05) is 17.8 Å². The molecule has 156 valence electrons. The van der Waals surface area contributed by atoms with Crippen LogP contribution in [0.15, 0.2) is 35.5 Å². The van der Waals surface area contributed by atoms with Gasteiger partial charge in [0.2, 0.25) is 0 Å². The Kier molecular flexibility index (Phi) is 11.6. The molecule has 0 amide bonds. The number of nitrogens with one attached hydrogen (secondary N) is 2. The minimum Gasteiger partial charge on any atom is -0.493 e. The predicted molar refractivity (Wildman–Crippen MR) is 126 cm³/mol. The molecule has 0 aliphatic rings. The maximum Gasteiger partial charge on any atom is 0.191 e. The number of guanidine groups is 1. The van der Waals surface area contributed by atoms with Crippen molar-refractivity contribution in [2.24, 2.45) is 12.0 Å². The van der Waals surface area contributed by atoms with Crippen molar-refractivity contribution in [3.63, 3.8) is 0 Å². The van der Waals surface area contributed by atoms with Crippen LogP contribution in [0.1, 0.15) is 49.9 Å². The van der Waals surface area contributed by atoms with E-state index in [0.717, 1.165) is 42.5 Å². The SMILES string of the molecule is CCCCCOc1cc(C)ccc1CN=C(NCC)NCc1ccnn1C.I. The summed E-state index contributed by atoms with van der Waals surface area (Å²) < 4.78 is 7.89. The van der Waals surface area contributed by atoms with Gasteiger partial charge in [-0.3, -0.25) is 4.68 Å². The summed E-state index contributed by atoms with van der Waals surface area (Å²) in [5, 5.41) is 10.9. The van der Waals surface area contributed by atoms with Crippen molar-refractivity contribution >= 4 is 29.9 Å². The monoisotopic (exact) mass is 499 g/mol. The Morgan fingerprint density at radius 3 is 2.68 bits per heavy atom. The molecule has 0 bridgehead atoms. The number of hydrogen-bond donors (Lipinski definition) is 2. The van der Waals surface area contributed by atoms with Crippen molar-refractivity contribution in [2.75, 3.05) is 13.2 Å². The molecule has 1 heterocycles. The summed E-state index contributed by atoms with van der Waals surface area (Å²) in [6.07, 6.45) is 5.28. The van der Waals surface area contributed by atoms with Crippen LogP contribution < -0.4 is 15.4 Å². The van der Waals surface area contributed by atoms with Crippen LogP contribution in [0.25, 0.3) is 0 Å². The minimum atomic E-state index is 0. The third kappa shape index (κ3) is 8.08. The van der Waals surface area contributed by atoms with Crippen molar-refractivity contribution in [1.82, 2.24) is 20.4 Å². The molecular formula is C21H34IN5O. The number of hydrogen-bond acceptors (Lipinski definition) is 3. The number of halogens is 1. The van der Waals surface area contributed by atoms with E-state index in [-0.39, 0.29) is 24.0 Å². The molecular weight excluding hydrogens is 465 g/mol. The van der Waals surface area contributed by atoms with Crippen molar-refractivity contribution < 1.29 is 4.74 Å². The zero-order valence-corrected chi connectivity index (χ0v) is 19.8. The fraction of sp³-hybridized carbons (Fsp3) is 0.524. The van der Waals surface area contributed by atoms with Gasteiger partial charge in [0.25, 0.3) is 0 Å². The molecule has 1 aromatic carbocycles. The van der Waals surface area contributed by atoms with E-state index in [1.54, 1.807) is 6.20 Å². The molecule has 0 atom stereocenters. The van der Waals surface area contributed by atoms with E-state index in [0.29, 0.717) is 13.1 Å². The third-order valence-electron chi connectivity index (χ3n) is 4.34. The smallest absolute Gasteiger partial charge is 0.191 e. The molecule has 0 aliphatic carbocycles. The van der Waals surface area contributed by atoms with Crippen molar-refractivity contribution in [3.05, 3.63) is 47.3 Å². The average molecular weight is 499 g/mol. The van der Waals surface area contributed by atoms with Crippen LogP contribution in [0.5, 0.6) is 5.75 Å². The summed E-state index contributed by atoms with van der Waals surface area (Å²) in [4.78, 5) is 4.73. The zero-order valence-electron chi connectivity index (χ0n) is 17.5. The summed E-state index contributed by atoms with van der Waals surface area (Å²) >= 11 is 0. The quantitative estimate of drug-likeness (QED) is 0.223. The van der Waals surface area contributed by atoms with Crippen LogP contribution in [0.4, 0.5) is 0 Å². The lowest BCUT2D eigenvalue weighted by Crippen LogP contribution is -2.37. The van der Waals surface area contributed by atoms with E-state index in [2.05, 4.69) is 54.7 Å². The summed E-state index contributed by atoms with van der Waals surface area (Å²) in [6, 6.07) is 8.32. The molecule has 2 aromatic rings. The number of aryl methyl sites for hydroxylation is 2. The molecule has 0 unspecified atom stereocenters. The molecule has 0 aliphatic heterocycles. The first-order valence-electron chi connectivity index (χ1n) is 9.85. The number of nitrogens with zero attached hydrogens (tertiary/aromatic N) is 3. The van der Waals surface area contributed by atoms with Crippen LogP contribution in [-0.2, 0) is 20.1 Å². The zero-order chi connectivity index (χ0) is 19.5. The van der Waals surface area contributed by atoms with Gasteiger partial charge in [0.15, 0.2) is 5.96 Å². The van der Waals surface area contributed by atoms with Crippen LogP contribution in [0.2, 0.25) is 0 Å². The Labute approximate surface area is 186 Å². The van der Waals surface area contributed by atoms with Crippen LogP contribution in [0, 0.1) is 6.92 Å². The average Bonchev–Trinajstić information content (AvgIpc) is 3.07. The van der Waals surface area contributed by atoms with E-state index >= 15 is 0 Å². The fourth-order valence-electron chi connectivity index (χ4n) is 2.72. The number of aliphatic imine (C=N–C) groups is 1. The largest absolute Gasteiger partial charge is 0.493 e. The number of ether oxygens (including phenoxy) is 1. The summed E-state index contributed by atoms with van der Waals surface area (Å²) in [5.74, 6) is 1.73. The van der Waals surface area contributed by atoms with Gasteiger partial charge in [0, 0.05) is 25.4 Å². The van der Waals surface area contributed by atoms with Gasteiger partial charge in [-0.05, 0) is 38.0 Å². The second kappa shape index (κ2) is 13.4. The highest BCUT2D eigenvalue weighted by Gasteiger charge is 2.06. The number of rotatable bonds is 10. The Morgan fingerprint density at radius 1 is 1.18 bits per heavy atom. The number of benzene rings is 1. The van der Waals surface area contributed by atoms with Crippen LogP contribution >= 0.6 is 24.0 Å². The van der Waals surface area contributed by atoms with Gasteiger partial charge in [0.1, 0.15) is 5.75 Å². The molecule has 0 saturated heterocycles. The van der Waals surface area contributed by atoms with Crippen molar-refractivity contribution in [1.29, 1.82) is 0 Å². The first-order valence-corrected chi connectivity index (χ1v) is 9.85. The lowest BCUT2D eigenvalue weighted by atomic mass is 10.1. The topological polar surface area (TPSA) is 63.5 Å². The Bertz CT molecular complexity index is 729. The van der Waals surface area contributed by atoms with Gasteiger partial charge in [-0.25, -0.2) is 4.99 Å². The standard InChI is InChI=1S/C21H33N5O.HI/c1-5-7-8-13-27-20-14-17(3)9-10-18(20)15-23-21(22-6-2)24-16-19-11-12-25-26(19)4;/h9-12,14H,5-8,13,15-16H2,1-4H3,(H2,22,23,24);1H. The van der Waals surface area contributed by atoms with E-state index < -0.39 is 0 Å². The van der Waals surface area contributed by atoms with Gasteiger partial charge >= 0.3 is 0 Å². The molecule has 2 N–H and O–H groups in total. The van der Waals surface area contributed by atoms with Crippen molar-refractivity contribution in [3.8, 4) is 5.75 Å². The van der Waals surface area contributed by atoms with Gasteiger partial charge in [-0.2, -0.15) is 5.10 Å². The summed E-state index contributed by atoms with van der Waals surface area (Å²) in [7, 11) is 1.94. The van der Waals surface area contributed by atoms with E-state index in [4.69, 9.17) is 9.73 Å². The maximum atomic E-state index is 6.03. The van der Waals surface area contributed by atoms with Crippen LogP contribution in [-0.4, -0.2) is 28.9 Å². The maximum absolute atomic E-state index is 6.03. The second-order valence-electron chi connectivity index (χ2n) is 6.66. The summed E-state index contributed by atoms with van der Waals surface area (Å²) in [6.45, 7) is 9.17. The highest BCUT2D eigenvalue weighted by atomic mass is 127. The minimum absolute atomic E-state index is 0. The van der Waals surface area contributed by atoms with Gasteiger partial charge in [-0.1, -0.05) is 31.9 Å². The molecule has 0 spiro atoms. The molecule has 28 heavy (non-hydrogen) atoms.